The van der Waals surface area contributed by atoms with Crippen LogP contribution in [0.25, 0.3) is 0 Å². The third kappa shape index (κ3) is 5.18. The number of hydrogen-bond donors (Lipinski definition) is 2. The van der Waals surface area contributed by atoms with Gasteiger partial charge in [0.15, 0.2) is 5.82 Å². The van der Waals surface area contributed by atoms with Crippen molar-refractivity contribution in [2.75, 3.05) is 18.0 Å². The molecule has 0 radical (unpaired) electrons. The number of nitrogens with two attached hydrogens (primary N) is 1. The summed E-state index contributed by atoms with van der Waals surface area (Å²) in [4.78, 5) is 12.1. The Morgan fingerprint density at radius 2 is 1.74 bits per heavy atom. The van der Waals surface area contributed by atoms with Gasteiger partial charge in [0.1, 0.15) is 4.90 Å². The average molecular weight is 346 g/mol. The first-order valence-electron chi connectivity index (χ1n) is 7.56. The molecular weight excluding hydrogens is 323 g/mol. The molecule has 0 amide bonds. The van der Waals surface area contributed by atoms with E-state index >= 15 is 0 Å². The van der Waals surface area contributed by atoms with Crippen molar-refractivity contribution in [1.82, 2.24) is 0 Å². The first-order valence-corrected chi connectivity index (χ1v) is 9.11. The van der Waals surface area contributed by atoms with E-state index in [-0.39, 0.29) is 11.3 Å². The van der Waals surface area contributed by atoms with E-state index < -0.39 is 26.7 Å². The minimum atomic E-state index is -4.35. The summed E-state index contributed by atoms with van der Waals surface area (Å²) in [5.41, 5.74) is -0.334. The van der Waals surface area contributed by atoms with E-state index in [0.717, 1.165) is 37.8 Å². The molecule has 0 unspecified atom stereocenters. The van der Waals surface area contributed by atoms with Gasteiger partial charge in [-0.3, -0.25) is 0 Å². The molecule has 0 fully saturated rings. The predicted octanol–water partition coefficient (Wildman–Crippen LogP) is 2.58. The lowest BCUT2D eigenvalue weighted by Gasteiger charge is -2.26. The van der Waals surface area contributed by atoms with E-state index in [0.29, 0.717) is 13.1 Å². The van der Waals surface area contributed by atoms with Crippen LogP contribution in [0.4, 0.5) is 10.1 Å². The van der Waals surface area contributed by atoms with Gasteiger partial charge in [-0.2, -0.15) is 0 Å². The zero-order valence-corrected chi connectivity index (χ0v) is 14.2. The van der Waals surface area contributed by atoms with Gasteiger partial charge in [-0.05, 0) is 25.0 Å². The van der Waals surface area contributed by atoms with Crippen molar-refractivity contribution in [1.29, 1.82) is 0 Å². The van der Waals surface area contributed by atoms with Gasteiger partial charge in [0, 0.05) is 13.1 Å². The van der Waals surface area contributed by atoms with Gasteiger partial charge in [0.25, 0.3) is 0 Å². The van der Waals surface area contributed by atoms with Crippen LogP contribution in [0.3, 0.4) is 0 Å². The van der Waals surface area contributed by atoms with Crippen LogP contribution < -0.4 is 10.0 Å². The van der Waals surface area contributed by atoms with Gasteiger partial charge in [0.2, 0.25) is 10.0 Å². The van der Waals surface area contributed by atoms with Crippen molar-refractivity contribution in [2.45, 2.75) is 44.4 Å². The fourth-order valence-electron chi connectivity index (χ4n) is 2.19. The molecule has 0 aromatic heterocycles. The highest BCUT2D eigenvalue weighted by Gasteiger charge is 2.24. The fraction of sp³-hybridized carbons (Fsp3) is 0.533. The average Bonchev–Trinajstić information content (AvgIpc) is 2.46. The largest absolute Gasteiger partial charge is 0.478 e. The maximum Gasteiger partial charge on any atom is 0.335 e. The third-order valence-electron chi connectivity index (χ3n) is 3.48. The number of carbonyl (C=O) groups is 1. The standard InChI is InChI=1S/C15H23FN2O4S/c1-3-5-7-18(8-6-4-2)12-9-11(15(19)20)10-13(14(12)16)23(17,21)22/h9-10H,3-8H2,1-2H3,(H,19,20)(H2,17,21,22). The molecule has 0 aliphatic rings. The van der Waals surface area contributed by atoms with Crippen LogP contribution in [0, 0.1) is 5.82 Å². The van der Waals surface area contributed by atoms with Crippen LogP contribution in [0.1, 0.15) is 49.9 Å². The first-order chi connectivity index (χ1) is 10.7. The summed E-state index contributed by atoms with van der Waals surface area (Å²) in [6.07, 6.45) is 3.33. The van der Waals surface area contributed by atoms with E-state index in [9.17, 15) is 17.6 Å². The van der Waals surface area contributed by atoms with E-state index in [1.54, 1.807) is 4.90 Å². The summed E-state index contributed by atoms with van der Waals surface area (Å²) in [7, 11) is -4.35. The van der Waals surface area contributed by atoms with E-state index in [1.807, 2.05) is 13.8 Å². The molecule has 1 rings (SSSR count). The Morgan fingerprint density at radius 1 is 1.22 bits per heavy atom. The third-order valence-corrected chi connectivity index (χ3v) is 4.39. The predicted molar refractivity (Wildman–Crippen MR) is 86.8 cm³/mol. The zero-order valence-electron chi connectivity index (χ0n) is 13.4. The van der Waals surface area contributed by atoms with Crippen molar-refractivity contribution in [3.05, 3.63) is 23.5 Å². The van der Waals surface area contributed by atoms with Gasteiger partial charge in [-0.25, -0.2) is 22.7 Å². The summed E-state index contributed by atoms with van der Waals surface area (Å²) >= 11 is 0. The molecule has 1 aromatic carbocycles. The lowest BCUT2D eigenvalue weighted by Crippen LogP contribution is -2.28. The number of nitrogens with zero attached hydrogens (tertiary/aromatic N) is 1. The van der Waals surface area contributed by atoms with Crippen LogP contribution in [-0.2, 0) is 10.0 Å². The molecule has 0 heterocycles. The minimum absolute atomic E-state index is 0.0316. The summed E-state index contributed by atoms with van der Waals surface area (Å²) in [5, 5.41) is 14.2. The first kappa shape index (κ1) is 19.4. The second kappa shape index (κ2) is 8.26. The second-order valence-electron chi connectivity index (χ2n) is 5.35. The van der Waals surface area contributed by atoms with Gasteiger partial charge in [-0.1, -0.05) is 26.7 Å². The van der Waals surface area contributed by atoms with Gasteiger partial charge in [-0.15, -0.1) is 0 Å². The van der Waals surface area contributed by atoms with Gasteiger partial charge in [0.05, 0.1) is 11.3 Å². The molecule has 3 N–H and O–H groups in total. The summed E-state index contributed by atoms with van der Waals surface area (Å²) in [6.45, 7) is 5.00. The monoisotopic (exact) mass is 346 g/mol. The number of benzene rings is 1. The number of primary sulfonamides is 1. The molecule has 130 valence electrons. The van der Waals surface area contributed by atoms with Crippen LogP contribution in [-0.4, -0.2) is 32.6 Å². The van der Waals surface area contributed by atoms with E-state index in [1.165, 1.54) is 0 Å². The molecule has 0 aliphatic carbocycles. The quantitative estimate of drug-likeness (QED) is 0.716. The van der Waals surface area contributed by atoms with E-state index in [2.05, 4.69) is 0 Å². The number of halogens is 1. The highest BCUT2D eigenvalue weighted by molar-refractivity contribution is 7.89. The maximum absolute atomic E-state index is 14.6. The van der Waals surface area contributed by atoms with Crippen molar-refractivity contribution < 1.29 is 22.7 Å². The Bertz CT molecular complexity index is 654. The number of carboxylic acid groups (broad SMARTS) is 1. The number of unbranched alkanes of at least 4 members (excludes halogenated alkanes) is 2. The van der Waals surface area contributed by atoms with Crippen LogP contribution in [0.5, 0.6) is 0 Å². The Kier molecular flexibility index (Phi) is 6.96. The molecular formula is C15H23FN2O4S. The molecule has 0 atom stereocenters. The summed E-state index contributed by atoms with van der Waals surface area (Å²) < 4.78 is 37.7. The van der Waals surface area contributed by atoms with Gasteiger partial charge >= 0.3 is 5.97 Å². The fourth-order valence-corrected chi connectivity index (χ4v) is 2.84. The van der Waals surface area contributed by atoms with Crippen molar-refractivity contribution in [3.63, 3.8) is 0 Å². The molecule has 0 aliphatic heterocycles. The van der Waals surface area contributed by atoms with Gasteiger partial charge < -0.3 is 10.0 Å². The molecule has 0 saturated heterocycles. The molecule has 0 bridgehead atoms. The number of hydrogen-bond acceptors (Lipinski definition) is 4. The van der Waals surface area contributed by atoms with Crippen LogP contribution in [0.2, 0.25) is 0 Å². The Labute approximate surface area is 136 Å². The van der Waals surface area contributed by atoms with Crippen molar-refractivity contribution in [3.8, 4) is 0 Å². The SMILES string of the molecule is CCCCN(CCCC)c1cc(C(=O)O)cc(S(N)(=O)=O)c1F. The lowest BCUT2D eigenvalue weighted by atomic mass is 10.1. The molecule has 0 saturated carbocycles. The minimum Gasteiger partial charge on any atom is -0.478 e. The highest BCUT2D eigenvalue weighted by Crippen LogP contribution is 2.28. The van der Waals surface area contributed by atoms with Crippen molar-refractivity contribution in [2.24, 2.45) is 5.14 Å². The number of anilines is 1. The summed E-state index contributed by atoms with van der Waals surface area (Å²) in [5.74, 6) is -2.33. The zero-order chi connectivity index (χ0) is 17.6. The highest BCUT2D eigenvalue weighted by atomic mass is 32.2. The second-order valence-corrected chi connectivity index (χ2v) is 6.88. The number of aromatic carboxylic acids is 1. The molecule has 8 heteroatoms. The van der Waals surface area contributed by atoms with E-state index in [4.69, 9.17) is 10.2 Å². The number of sulfonamides is 1. The normalized spacial score (nSPS) is 11.5. The molecule has 1 aromatic rings. The Balaban J connectivity index is 3.45. The van der Waals surface area contributed by atoms with Crippen LogP contribution in [0.15, 0.2) is 17.0 Å². The topological polar surface area (TPSA) is 101 Å². The smallest absolute Gasteiger partial charge is 0.335 e. The Morgan fingerprint density at radius 3 is 2.13 bits per heavy atom. The number of rotatable bonds is 9. The summed E-state index contributed by atoms with van der Waals surface area (Å²) in [6, 6.07) is 1.92. The molecule has 6 nitrogen and oxygen atoms in total. The molecule has 0 spiro atoms. The molecule has 23 heavy (non-hydrogen) atoms. The lowest BCUT2D eigenvalue weighted by molar-refractivity contribution is 0.0696. The number of carboxylic acids is 1. The van der Waals surface area contributed by atoms with Crippen LogP contribution >= 0.6 is 0 Å². The van der Waals surface area contributed by atoms with Crippen molar-refractivity contribution >= 4 is 21.7 Å². The maximum atomic E-state index is 14.6. The Hall–Kier alpha value is -1.67.